The summed E-state index contributed by atoms with van der Waals surface area (Å²) in [4.78, 5) is 11.4. The molecule has 0 radical (unpaired) electrons. The number of carbonyl (C=O) groups excluding carboxylic acids is 1. The third-order valence-corrected chi connectivity index (χ3v) is 5.01. The van der Waals surface area contributed by atoms with E-state index in [1.807, 2.05) is 6.07 Å². The second-order valence-electron chi connectivity index (χ2n) is 7.35. The van der Waals surface area contributed by atoms with Crippen LogP contribution in [0.15, 0.2) is 42.0 Å². The van der Waals surface area contributed by atoms with Gasteiger partial charge in [0.1, 0.15) is 5.83 Å². The van der Waals surface area contributed by atoms with Gasteiger partial charge in [-0.25, -0.2) is 8.78 Å². The molecule has 2 rings (SSSR count). The first kappa shape index (κ1) is 23.8. The maximum absolute atomic E-state index is 15.1. The summed E-state index contributed by atoms with van der Waals surface area (Å²) in [5, 5.41) is 0. The van der Waals surface area contributed by atoms with Crippen LogP contribution in [-0.4, -0.2) is 18.8 Å². The number of hydrogen-bond acceptors (Lipinski definition) is 2. The summed E-state index contributed by atoms with van der Waals surface area (Å²) in [5.74, 6) is -3.17. The molecule has 2 nitrogen and oxygen atoms in total. The van der Waals surface area contributed by atoms with Crippen LogP contribution in [0.1, 0.15) is 60.8 Å². The molecule has 0 spiro atoms. The minimum absolute atomic E-state index is 0.0928. The zero-order valence-electron chi connectivity index (χ0n) is 17.3. The summed E-state index contributed by atoms with van der Waals surface area (Å²) in [6, 6.07) is 3.57. The van der Waals surface area contributed by atoms with Gasteiger partial charge in [0.2, 0.25) is 0 Å². The van der Waals surface area contributed by atoms with Crippen molar-refractivity contribution in [2.45, 2.75) is 58.5 Å². The van der Waals surface area contributed by atoms with Gasteiger partial charge in [-0.3, -0.25) is 4.79 Å². The molecule has 0 aromatic heterocycles. The van der Waals surface area contributed by atoms with Crippen molar-refractivity contribution in [3.05, 3.63) is 64.3 Å². The van der Waals surface area contributed by atoms with E-state index in [-0.39, 0.29) is 18.1 Å². The van der Waals surface area contributed by atoms with Crippen LogP contribution in [0.4, 0.5) is 22.0 Å². The van der Waals surface area contributed by atoms with Crippen molar-refractivity contribution in [2.24, 2.45) is 0 Å². The van der Waals surface area contributed by atoms with Crippen LogP contribution in [0.2, 0.25) is 0 Å². The molecule has 1 aromatic carbocycles. The highest BCUT2D eigenvalue weighted by Gasteiger charge is 2.33. The number of rotatable bonds is 8. The summed E-state index contributed by atoms with van der Waals surface area (Å²) in [6.45, 7) is 7.97. The molecule has 0 atom stereocenters. The Hall–Kier alpha value is -2.44. The first-order chi connectivity index (χ1) is 14.0. The van der Waals surface area contributed by atoms with Crippen LogP contribution in [0.3, 0.4) is 0 Å². The highest BCUT2D eigenvalue weighted by Crippen LogP contribution is 2.45. The molecule has 7 heteroatoms. The highest BCUT2D eigenvalue weighted by atomic mass is 19.4. The molecule has 1 fully saturated rings. The maximum Gasteiger partial charge on any atom is 0.415 e. The van der Waals surface area contributed by atoms with Crippen molar-refractivity contribution >= 4 is 11.5 Å². The quantitative estimate of drug-likeness (QED) is 0.249. The first-order valence-corrected chi connectivity index (χ1v) is 9.75. The van der Waals surface area contributed by atoms with E-state index >= 15 is 4.39 Å². The average molecular weight is 428 g/mol. The van der Waals surface area contributed by atoms with E-state index in [1.54, 1.807) is 26.8 Å². The Balaban J connectivity index is 2.56. The van der Waals surface area contributed by atoms with Crippen molar-refractivity contribution in [1.82, 2.24) is 0 Å². The molecule has 0 heterocycles. The molecular weight excluding hydrogens is 403 g/mol. The molecule has 0 amide bonds. The van der Waals surface area contributed by atoms with Gasteiger partial charge in [-0.05, 0) is 67.9 Å². The molecule has 0 N–H and O–H groups in total. The molecule has 164 valence electrons. The van der Waals surface area contributed by atoms with Gasteiger partial charge in [0.15, 0.2) is 5.83 Å². The van der Waals surface area contributed by atoms with E-state index in [2.05, 4.69) is 11.3 Å². The Kier molecular flexibility index (Phi) is 7.61. The Morgan fingerprint density at radius 3 is 2.37 bits per heavy atom. The molecular formula is C23H25F5O2. The summed E-state index contributed by atoms with van der Waals surface area (Å²) in [6.07, 6.45) is -3.39. The van der Waals surface area contributed by atoms with Crippen LogP contribution >= 0.6 is 0 Å². The van der Waals surface area contributed by atoms with Crippen molar-refractivity contribution in [2.75, 3.05) is 6.61 Å². The zero-order valence-corrected chi connectivity index (χ0v) is 17.3. The fraction of sp³-hybridized carbons (Fsp3) is 0.435. The number of ether oxygens (including phenoxy) is 1. The molecule has 1 saturated carbocycles. The molecule has 30 heavy (non-hydrogen) atoms. The van der Waals surface area contributed by atoms with Crippen molar-refractivity contribution < 1.29 is 31.5 Å². The summed E-state index contributed by atoms with van der Waals surface area (Å²) in [5.41, 5.74) is 0.462. The van der Waals surface area contributed by atoms with Crippen LogP contribution < -0.4 is 0 Å². The number of alkyl halides is 3. The van der Waals surface area contributed by atoms with E-state index in [1.165, 1.54) is 0 Å². The van der Waals surface area contributed by atoms with Crippen LogP contribution in [-0.2, 0) is 9.53 Å². The minimum atomic E-state index is -4.79. The van der Waals surface area contributed by atoms with Gasteiger partial charge in [0.25, 0.3) is 0 Å². The second-order valence-corrected chi connectivity index (χ2v) is 7.35. The van der Waals surface area contributed by atoms with Gasteiger partial charge in [-0.1, -0.05) is 18.7 Å². The van der Waals surface area contributed by atoms with E-state index in [4.69, 9.17) is 0 Å². The minimum Gasteiger partial charge on any atom is -0.466 e. The van der Waals surface area contributed by atoms with E-state index < -0.39 is 47.8 Å². The topological polar surface area (TPSA) is 26.3 Å². The molecule has 1 aliphatic rings. The molecule has 0 aliphatic heterocycles. The van der Waals surface area contributed by atoms with Crippen LogP contribution in [0.5, 0.6) is 0 Å². The molecule has 0 saturated heterocycles. The van der Waals surface area contributed by atoms with Gasteiger partial charge in [0, 0.05) is 17.6 Å². The Bertz CT molecular complexity index is 890. The predicted molar refractivity (Wildman–Crippen MR) is 106 cm³/mol. The monoisotopic (exact) mass is 428 g/mol. The zero-order chi connectivity index (χ0) is 22.6. The maximum atomic E-state index is 15.1. The fourth-order valence-electron chi connectivity index (χ4n) is 3.32. The van der Waals surface area contributed by atoms with Crippen molar-refractivity contribution in [1.29, 1.82) is 0 Å². The number of benzene rings is 1. The number of esters is 1. The summed E-state index contributed by atoms with van der Waals surface area (Å²) < 4.78 is 73.7. The third-order valence-electron chi connectivity index (χ3n) is 5.01. The molecule has 0 bridgehead atoms. The Labute approximate surface area is 173 Å². The SMILES string of the molecule is C=C(/C=C(\C(F)=C(/F)CCC(=O)OCC)c1c(C)ccc(C2CC2)c1C)C(F)(F)F. The molecule has 0 unspecified atom stereocenters. The van der Waals surface area contributed by atoms with Crippen LogP contribution in [0, 0.1) is 13.8 Å². The Morgan fingerprint density at radius 2 is 1.83 bits per heavy atom. The van der Waals surface area contributed by atoms with Crippen molar-refractivity contribution in [3.8, 4) is 0 Å². The normalized spacial score (nSPS) is 15.7. The number of hydrogen-bond donors (Lipinski definition) is 0. The lowest BCUT2D eigenvalue weighted by atomic mass is 9.88. The Morgan fingerprint density at radius 1 is 1.20 bits per heavy atom. The van der Waals surface area contributed by atoms with E-state index in [0.717, 1.165) is 18.4 Å². The summed E-state index contributed by atoms with van der Waals surface area (Å²) in [7, 11) is 0. The van der Waals surface area contributed by atoms with Gasteiger partial charge in [-0.2, -0.15) is 13.2 Å². The molecule has 1 aromatic rings. The standard InChI is InChI=1S/C23H25F5O2/c1-5-30-20(29)11-10-19(24)22(25)18(12-14(3)23(26,27)28)21-13(2)6-9-17(15(21)4)16-7-8-16/h6,9,12,16H,3,5,7-8,10-11H2,1-2,4H3/b18-12-,22-19+. The number of halogens is 5. The fourth-order valence-corrected chi connectivity index (χ4v) is 3.32. The van der Waals surface area contributed by atoms with Crippen LogP contribution in [0.25, 0.3) is 5.57 Å². The lowest BCUT2D eigenvalue weighted by molar-refractivity contribution is -0.143. The van der Waals surface area contributed by atoms with Gasteiger partial charge < -0.3 is 4.74 Å². The van der Waals surface area contributed by atoms with Crippen molar-refractivity contribution in [3.63, 3.8) is 0 Å². The molecule has 1 aliphatic carbocycles. The average Bonchev–Trinajstić information content (AvgIpc) is 3.49. The van der Waals surface area contributed by atoms with Gasteiger partial charge in [0.05, 0.1) is 13.0 Å². The highest BCUT2D eigenvalue weighted by molar-refractivity contribution is 5.83. The number of allylic oxidation sites excluding steroid dienone is 5. The third kappa shape index (κ3) is 5.80. The largest absolute Gasteiger partial charge is 0.466 e. The number of carbonyl (C=O) groups is 1. The van der Waals surface area contributed by atoms with E-state index in [9.17, 15) is 22.4 Å². The van der Waals surface area contributed by atoms with Gasteiger partial charge >= 0.3 is 12.1 Å². The summed E-state index contributed by atoms with van der Waals surface area (Å²) >= 11 is 0. The lowest BCUT2D eigenvalue weighted by Crippen LogP contribution is -2.10. The number of aryl methyl sites for hydroxylation is 1. The predicted octanol–water partition coefficient (Wildman–Crippen LogP) is 7.18. The first-order valence-electron chi connectivity index (χ1n) is 9.75. The van der Waals surface area contributed by atoms with E-state index in [0.29, 0.717) is 17.2 Å². The van der Waals surface area contributed by atoms with Gasteiger partial charge in [-0.15, -0.1) is 0 Å². The lowest BCUT2D eigenvalue weighted by Gasteiger charge is -2.18. The smallest absolute Gasteiger partial charge is 0.415 e. The second kappa shape index (κ2) is 9.58.